The Morgan fingerprint density at radius 2 is 1.83 bits per heavy atom. The van der Waals surface area contributed by atoms with Crippen LogP contribution in [0.15, 0.2) is 0 Å². The lowest BCUT2D eigenvalue weighted by Gasteiger charge is -2.06. The Bertz CT molecular complexity index is 117. The van der Waals surface area contributed by atoms with Gasteiger partial charge < -0.3 is 4.55 Å². The predicted molar refractivity (Wildman–Crippen MR) is 13.7 cm³/mol. The van der Waals surface area contributed by atoms with Gasteiger partial charge in [-0.25, -0.2) is 4.21 Å². The van der Waals surface area contributed by atoms with Crippen LogP contribution in [0.4, 0.5) is 0 Å². The largest absolute Gasteiger partial charge is 0.724 e. The maximum atomic E-state index is 9.46. The van der Waals surface area contributed by atoms with Crippen LogP contribution >= 0.6 is 0 Å². The summed E-state index contributed by atoms with van der Waals surface area (Å²) in [5.74, 6) is 0. The van der Waals surface area contributed by atoms with Crippen LogP contribution in [0.25, 0.3) is 0 Å². The monoisotopic (exact) mass is 113 g/mol. The summed E-state index contributed by atoms with van der Waals surface area (Å²) in [4.78, 5) is 0. The minimum Gasteiger partial charge on any atom is -0.724 e. The summed E-state index contributed by atoms with van der Waals surface area (Å²) in [6, 6.07) is 0. The third kappa shape index (κ3) is 0.730. The second-order valence-electron chi connectivity index (χ2n) is 0.842. The van der Waals surface area contributed by atoms with Gasteiger partial charge in [-0.3, -0.25) is 4.55 Å². The summed E-state index contributed by atoms with van der Waals surface area (Å²) in [5, 5.41) is 0. The van der Waals surface area contributed by atoms with Crippen molar-refractivity contribution in [1.29, 1.82) is 0 Å². The molecule has 0 radical (unpaired) electrons. The molecule has 6 heavy (non-hydrogen) atoms. The Morgan fingerprint density at radius 1 is 1.67 bits per heavy atom. The first-order valence-electron chi connectivity index (χ1n) is 1.02. The zero-order valence-corrected chi connectivity index (χ0v) is 3.30. The Hall–Kier alpha value is -0.0100. The molecule has 0 spiro atoms. The van der Waals surface area contributed by atoms with Gasteiger partial charge in [0.25, 0.3) is 0 Å². The van der Waals surface area contributed by atoms with Gasteiger partial charge in [0.1, 0.15) is 0 Å². The lowest BCUT2D eigenvalue weighted by Crippen LogP contribution is -2.08. The minimum absolute atomic E-state index is 3.14. The molecule has 0 atom stereocenters. The molecule has 1 aliphatic heterocycles. The van der Waals surface area contributed by atoms with E-state index in [1.807, 2.05) is 0 Å². The van der Waals surface area contributed by atoms with Gasteiger partial charge >= 0.3 is 0 Å². The van der Waals surface area contributed by atoms with Crippen molar-refractivity contribution in [2.24, 2.45) is 0 Å². The van der Waals surface area contributed by atoms with E-state index in [-0.39, 0.29) is 0 Å². The van der Waals surface area contributed by atoms with E-state index in [4.69, 9.17) is 4.55 Å². The van der Waals surface area contributed by atoms with Crippen LogP contribution in [0.1, 0.15) is 0 Å². The Labute approximate surface area is 33.3 Å². The van der Waals surface area contributed by atoms with Crippen LogP contribution < -0.4 is 0 Å². The second kappa shape index (κ2) is 0.553. The van der Waals surface area contributed by atoms with Crippen molar-refractivity contribution >= 4 is 10.2 Å². The fourth-order valence-corrected chi connectivity index (χ4v) is 0.316. The molecule has 1 heterocycles. The van der Waals surface area contributed by atoms with Crippen molar-refractivity contribution in [2.45, 2.75) is 0 Å². The number of hydrogen-bond donors (Lipinski definition) is 1. The van der Waals surface area contributed by atoms with E-state index >= 15 is 0 Å². The lowest BCUT2D eigenvalue weighted by atomic mass is 15.0. The van der Waals surface area contributed by atoms with E-state index in [9.17, 15) is 8.76 Å². The minimum atomic E-state index is -5.10. The highest BCUT2D eigenvalue weighted by molar-refractivity contribution is 8.05. The van der Waals surface area contributed by atoms with Crippen LogP contribution in [0.5, 0.6) is 0 Å². The van der Waals surface area contributed by atoms with Gasteiger partial charge in [0, 0.05) is 0 Å². The van der Waals surface area contributed by atoms with Crippen molar-refractivity contribution in [3.63, 3.8) is 0 Å². The maximum absolute atomic E-state index is 9.46. The van der Waals surface area contributed by atoms with Gasteiger partial charge in [0.05, 0.1) is 0 Å². The molecule has 0 aliphatic carbocycles. The molecule has 0 bridgehead atoms. The van der Waals surface area contributed by atoms with Crippen molar-refractivity contribution in [2.75, 3.05) is 0 Å². The van der Waals surface area contributed by atoms with E-state index in [0.29, 0.717) is 0 Å². The van der Waals surface area contributed by atoms with Crippen molar-refractivity contribution in [3.8, 4) is 0 Å². The van der Waals surface area contributed by atoms with Crippen molar-refractivity contribution in [1.82, 2.24) is 0 Å². The fourth-order valence-electron chi connectivity index (χ4n) is 0.0351. The first kappa shape index (κ1) is 4.16. The Kier molecular flexibility index (Phi) is 0.383. The maximum Gasteiger partial charge on any atom is 0.202 e. The lowest BCUT2D eigenvalue weighted by molar-refractivity contribution is 0.0850. The first-order chi connectivity index (χ1) is 2.47. The van der Waals surface area contributed by atoms with Gasteiger partial charge in [0.15, 0.2) is 0 Å². The molecule has 0 aromatic rings. The van der Waals surface area contributed by atoms with E-state index in [1.165, 1.54) is 0 Å². The van der Waals surface area contributed by atoms with Crippen LogP contribution in [-0.2, 0) is 18.9 Å². The van der Waals surface area contributed by atoms with Crippen molar-refractivity contribution < 1.29 is 22.0 Å². The number of hydrogen-bond acceptors (Lipinski definition) is 4. The standard InChI is InChI=1S/H2O5S/c1-6(2,3)4-5-6/h(H2,1,2,3)/p-1. The topological polar surface area (TPSA) is 85.4 Å². The van der Waals surface area contributed by atoms with Gasteiger partial charge in [-0.2, -0.15) is 0 Å². The molecule has 5 nitrogen and oxygen atoms in total. The van der Waals surface area contributed by atoms with Crippen LogP contribution in [0.2, 0.25) is 0 Å². The molecule has 1 fully saturated rings. The quantitative estimate of drug-likeness (QED) is 0.328. The molecule has 1 saturated heterocycles. The van der Waals surface area contributed by atoms with Gasteiger partial charge in [-0.05, 0) is 0 Å². The average molecular weight is 113 g/mol. The normalized spacial score (nSPS) is 42.7. The first-order valence-corrected chi connectivity index (χ1v) is 2.71. The predicted octanol–water partition coefficient (Wildman–Crippen LogP) is -0.798. The van der Waals surface area contributed by atoms with Gasteiger partial charge in [-0.1, -0.05) is 0 Å². The smallest absolute Gasteiger partial charge is 0.202 e. The molecule has 0 aromatic carbocycles. The Balaban J connectivity index is 2.96. The summed E-state index contributed by atoms with van der Waals surface area (Å²) < 4.78 is 32.8. The average Bonchev–Trinajstić information content (AvgIpc) is 1.73. The molecule has 38 valence electrons. The van der Waals surface area contributed by atoms with Crippen LogP contribution in [0.3, 0.4) is 0 Å². The van der Waals surface area contributed by atoms with E-state index < -0.39 is 10.2 Å². The second-order valence-corrected chi connectivity index (χ2v) is 2.53. The third-order valence-electron chi connectivity index (χ3n) is 0.240. The highest BCUT2D eigenvalue weighted by atomic mass is 32.4. The molecule has 1 N–H and O–H groups in total. The third-order valence-corrected chi connectivity index (χ3v) is 0.720. The van der Waals surface area contributed by atoms with E-state index in [2.05, 4.69) is 8.67 Å². The summed E-state index contributed by atoms with van der Waals surface area (Å²) in [5.41, 5.74) is 0. The van der Waals surface area contributed by atoms with Crippen LogP contribution in [-0.4, -0.2) is 13.3 Å². The molecule has 6 heteroatoms. The highest BCUT2D eigenvalue weighted by Gasteiger charge is 2.41. The van der Waals surface area contributed by atoms with E-state index in [0.717, 1.165) is 0 Å². The molecule has 0 saturated carbocycles. The summed E-state index contributed by atoms with van der Waals surface area (Å²) in [7, 11) is -5.10. The molecular formula is HO5S-. The molecule has 0 amide bonds. The van der Waals surface area contributed by atoms with Crippen molar-refractivity contribution in [3.05, 3.63) is 0 Å². The SMILES string of the molecule is O=S1([O-])(O)OO1. The fraction of sp³-hybridized carbons (Fsp3) is 0. The highest BCUT2D eigenvalue weighted by Crippen LogP contribution is 2.35. The van der Waals surface area contributed by atoms with Crippen LogP contribution in [0, 0.1) is 0 Å². The van der Waals surface area contributed by atoms with Gasteiger partial charge in [-0.15, -0.1) is 8.67 Å². The zero-order chi connectivity index (χ0) is 4.86. The molecule has 1 rings (SSSR count). The zero-order valence-electron chi connectivity index (χ0n) is 2.49. The summed E-state index contributed by atoms with van der Waals surface area (Å²) in [6.45, 7) is 0. The molecule has 0 aromatic heterocycles. The molecule has 1 aliphatic rings. The Morgan fingerprint density at radius 3 is 1.83 bits per heavy atom. The summed E-state index contributed by atoms with van der Waals surface area (Å²) in [6.07, 6.45) is 0. The molecule has 0 unspecified atom stereocenters. The van der Waals surface area contributed by atoms with Gasteiger partial charge in [0.2, 0.25) is 10.2 Å². The van der Waals surface area contributed by atoms with E-state index in [1.54, 1.807) is 0 Å². The summed E-state index contributed by atoms with van der Waals surface area (Å²) >= 11 is 0. The molecular weight excluding hydrogens is 112 g/mol. The number of rotatable bonds is 0.